The van der Waals surface area contributed by atoms with Gasteiger partial charge in [0.15, 0.2) is 11.5 Å². The zero-order chi connectivity index (χ0) is 15.8. The first-order valence-corrected chi connectivity index (χ1v) is 7.52. The van der Waals surface area contributed by atoms with Gasteiger partial charge in [-0.15, -0.1) is 0 Å². The van der Waals surface area contributed by atoms with E-state index in [9.17, 15) is 4.79 Å². The normalized spacial score (nSPS) is 15.7. The molecule has 0 aliphatic carbocycles. The van der Waals surface area contributed by atoms with Crippen molar-refractivity contribution >= 4 is 22.0 Å². The van der Waals surface area contributed by atoms with Crippen molar-refractivity contribution in [2.24, 2.45) is 0 Å². The number of ether oxygens (including phenoxy) is 3. The van der Waals surface area contributed by atoms with Crippen LogP contribution in [0, 0.1) is 0 Å². The van der Waals surface area contributed by atoms with Crippen molar-refractivity contribution in [2.75, 3.05) is 0 Å². The van der Waals surface area contributed by atoms with Crippen LogP contribution in [0.4, 0.5) is 4.79 Å². The van der Waals surface area contributed by atoms with Crippen LogP contribution >= 0.6 is 15.9 Å². The summed E-state index contributed by atoms with van der Waals surface area (Å²) in [6, 6.07) is 3.70. The van der Waals surface area contributed by atoms with Crippen LogP contribution in [0.5, 0.6) is 11.5 Å². The topological polar surface area (TPSA) is 56.8 Å². The van der Waals surface area contributed by atoms with E-state index < -0.39 is 17.5 Å². The molecule has 0 saturated heterocycles. The van der Waals surface area contributed by atoms with Crippen molar-refractivity contribution in [3.63, 3.8) is 0 Å². The summed E-state index contributed by atoms with van der Waals surface area (Å²) < 4.78 is 17.4. The van der Waals surface area contributed by atoms with Gasteiger partial charge < -0.3 is 19.5 Å². The summed E-state index contributed by atoms with van der Waals surface area (Å²) in [6.45, 7) is 9.51. The highest BCUT2D eigenvalue weighted by molar-refractivity contribution is 9.10. The molecule has 0 bridgehead atoms. The third-order valence-electron chi connectivity index (χ3n) is 2.65. The molecule has 0 unspecified atom stereocenters. The molecule has 1 aromatic carbocycles. The van der Waals surface area contributed by atoms with Gasteiger partial charge in [0.25, 0.3) is 0 Å². The van der Waals surface area contributed by atoms with Crippen molar-refractivity contribution in [1.82, 2.24) is 5.32 Å². The quantitative estimate of drug-likeness (QED) is 0.869. The van der Waals surface area contributed by atoms with Crippen molar-refractivity contribution in [2.45, 2.75) is 52.6 Å². The van der Waals surface area contributed by atoms with Crippen LogP contribution < -0.4 is 14.8 Å². The summed E-state index contributed by atoms with van der Waals surface area (Å²) in [4.78, 5) is 11.7. The largest absolute Gasteiger partial charge is 0.449 e. The van der Waals surface area contributed by atoms with Crippen molar-refractivity contribution in [3.05, 3.63) is 22.2 Å². The number of halogens is 1. The monoisotopic (exact) mass is 357 g/mol. The van der Waals surface area contributed by atoms with Crippen LogP contribution in [0.25, 0.3) is 0 Å². The minimum Gasteiger partial charge on any atom is -0.449 e. The Morgan fingerprint density at radius 2 is 1.86 bits per heavy atom. The van der Waals surface area contributed by atoms with E-state index in [1.54, 1.807) is 0 Å². The fraction of sp³-hybridized carbons (Fsp3) is 0.533. The minimum absolute atomic E-state index is 0.340. The Morgan fingerprint density at radius 1 is 1.29 bits per heavy atom. The van der Waals surface area contributed by atoms with E-state index >= 15 is 0 Å². The second-order valence-corrected chi connectivity index (χ2v) is 7.20. The Hall–Kier alpha value is -1.43. The molecule has 1 heterocycles. The molecule has 1 aliphatic heterocycles. The van der Waals surface area contributed by atoms with Crippen LogP contribution in [-0.4, -0.2) is 17.5 Å². The number of rotatable bonds is 2. The fourth-order valence-electron chi connectivity index (χ4n) is 1.90. The van der Waals surface area contributed by atoms with Gasteiger partial charge in [-0.25, -0.2) is 4.79 Å². The van der Waals surface area contributed by atoms with Crippen LogP contribution in [0.2, 0.25) is 0 Å². The molecule has 0 aromatic heterocycles. The molecule has 1 N–H and O–H groups in total. The zero-order valence-corrected chi connectivity index (χ0v) is 14.5. The predicted octanol–water partition coefficient (Wildman–Crippen LogP) is 3.98. The highest BCUT2D eigenvalue weighted by Crippen LogP contribution is 2.42. The molecule has 2 rings (SSSR count). The van der Waals surface area contributed by atoms with Gasteiger partial charge in [0.2, 0.25) is 5.79 Å². The van der Waals surface area contributed by atoms with Gasteiger partial charge in [-0.1, -0.05) is 15.9 Å². The van der Waals surface area contributed by atoms with E-state index in [2.05, 4.69) is 21.2 Å². The van der Waals surface area contributed by atoms with E-state index in [0.717, 1.165) is 10.0 Å². The first kappa shape index (κ1) is 15.9. The van der Waals surface area contributed by atoms with Gasteiger partial charge in [0.05, 0.1) is 0 Å². The number of alkyl carbamates (subject to hydrolysis) is 1. The summed E-state index contributed by atoms with van der Waals surface area (Å²) in [5, 5.41) is 2.72. The minimum atomic E-state index is -0.668. The first-order valence-electron chi connectivity index (χ1n) is 6.73. The number of fused-ring (bicyclic) bond motifs is 1. The predicted molar refractivity (Wildman–Crippen MR) is 82.6 cm³/mol. The number of hydrogen-bond acceptors (Lipinski definition) is 4. The number of amides is 1. The molecule has 0 fully saturated rings. The second kappa shape index (κ2) is 5.40. The molecule has 0 atom stereocenters. The average molecular weight is 358 g/mol. The number of carbonyl (C=O) groups is 1. The molecule has 1 aromatic rings. The van der Waals surface area contributed by atoms with E-state index in [0.29, 0.717) is 18.0 Å². The lowest BCUT2D eigenvalue weighted by atomic mass is 10.2. The Morgan fingerprint density at radius 3 is 2.43 bits per heavy atom. The van der Waals surface area contributed by atoms with Crippen molar-refractivity contribution < 1.29 is 19.0 Å². The van der Waals surface area contributed by atoms with Crippen molar-refractivity contribution in [1.29, 1.82) is 0 Å². The van der Waals surface area contributed by atoms with Gasteiger partial charge in [-0.05, 0) is 38.5 Å². The number of carbonyl (C=O) groups excluding carboxylic acids is 1. The highest BCUT2D eigenvalue weighted by Gasteiger charge is 2.32. The first-order chi connectivity index (χ1) is 9.56. The highest BCUT2D eigenvalue weighted by atomic mass is 79.9. The Kier molecular flexibility index (Phi) is 4.10. The van der Waals surface area contributed by atoms with Gasteiger partial charge in [-0.2, -0.15) is 0 Å². The average Bonchev–Trinajstić information content (AvgIpc) is 2.56. The van der Waals surface area contributed by atoms with Gasteiger partial charge in [-0.3, -0.25) is 0 Å². The molecule has 1 aliphatic rings. The molecule has 5 nitrogen and oxygen atoms in total. The standard InChI is InChI=1S/C15H20BrNO4/c1-14(2,3)21-13(18)17-8-9-6-11-12(7-10(9)16)20-15(4,5)19-11/h6-7H,8H2,1-5H3,(H,17,18). The Labute approximate surface area is 133 Å². The van der Waals surface area contributed by atoms with Gasteiger partial charge >= 0.3 is 6.09 Å². The Balaban J connectivity index is 2.04. The number of nitrogens with one attached hydrogen (secondary N) is 1. The summed E-state index contributed by atoms with van der Waals surface area (Å²) in [6.07, 6.45) is -0.451. The van der Waals surface area contributed by atoms with Crippen LogP contribution in [-0.2, 0) is 11.3 Å². The van der Waals surface area contributed by atoms with Gasteiger partial charge in [0.1, 0.15) is 5.60 Å². The lowest BCUT2D eigenvalue weighted by molar-refractivity contribution is -0.0431. The van der Waals surface area contributed by atoms with Crippen LogP contribution in [0.3, 0.4) is 0 Å². The second-order valence-electron chi connectivity index (χ2n) is 6.35. The lowest BCUT2D eigenvalue weighted by Gasteiger charge is -2.19. The summed E-state index contributed by atoms with van der Waals surface area (Å²) in [7, 11) is 0. The van der Waals surface area contributed by atoms with E-state index in [1.165, 1.54) is 0 Å². The lowest BCUT2D eigenvalue weighted by Crippen LogP contribution is -2.32. The van der Waals surface area contributed by atoms with Crippen molar-refractivity contribution in [3.8, 4) is 11.5 Å². The zero-order valence-electron chi connectivity index (χ0n) is 12.9. The maximum absolute atomic E-state index is 11.7. The molecule has 6 heteroatoms. The summed E-state index contributed by atoms with van der Waals surface area (Å²) >= 11 is 3.47. The van der Waals surface area contributed by atoms with Gasteiger partial charge in [0, 0.05) is 24.9 Å². The van der Waals surface area contributed by atoms with E-state index in [1.807, 2.05) is 46.8 Å². The SMILES string of the molecule is CC(C)(C)OC(=O)NCc1cc2c(cc1Br)OC(C)(C)O2. The summed E-state index contributed by atoms with van der Waals surface area (Å²) in [5.74, 6) is 0.691. The molecule has 0 spiro atoms. The molecular formula is C15H20BrNO4. The number of hydrogen-bond donors (Lipinski definition) is 1. The molecule has 21 heavy (non-hydrogen) atoms. The number of benzene rings is 1. The summed E-state index contributed by atoms with van der Waals surface area (Å²) in [5.41, 5.74) is 0.376. The molecular weight excluding hydrogens is 338 g/mol. The van der Waals surface area contributed by atoms with E-state index in [-0.39, 0.29) is 0 Å². The molecule has 0 radical (unpaired) electrons. The van der Waals surface area contributed by atoms with Crippen LogP contribution in [0.1, 0.15) is 40.2 Å². The molecule has 116 valence electrons. The smallest absolute Gasteiger partial charge is 0.407 e. The maximum atomic E-state index is 11.7. The molecule has 1 amide bonds. The third-order valence-corrected chi connectivity index (χ3v) is 3.38. The fourth-order valence-corrected chi connectivity index (χ4v) is 2.37. The van der Waals surface area contributed by atoms with Crippen LogP contribution in [0.15, 0.2) is 16.6 Å². The Bertz CT molecular complexity index is 564. The third kappa shape index (κ3) is 4.27. The maximum Gasteiger partial charge on any atom is 0.407 e. The van der Waals surface area contributed by atoms with E-state index in [4.69, 9.17) is 14.2 Å². The molecule has 0 saturated carbocycles.